The lowest BCUT2D eigenvalue weighted by Crippen LogP contribution is -2.34. The number of aromatic amines is 1. The van der Waals surface area contributed by atoms with Crippen LogP contribution in [-0.4, -0.2) is 41.1 Å². The van der Waals surface area contributed by atoms with Crippen molar-refractivity contribution < 1.29 is 19.1 Å². The summed E-state index contributed by atoms with van der Waals surface area (Å²) in [6.45, 7) is -0.163. The summed E-state index contributed by atoms with van der Waals surface area (Å²) in [4.78, 5) is 46.8. The van der Waals surface area contributed by atoms with Crippen LogP contribution in [0.1, 0.15) is 29.4 Å². The van der Waals surface area contributed by atoms with Crippen molar-refractivity contribution >= 4 is 12.3 Å². The molecule has 1 aromatic heterocycles. The average molecular weight is 297 g/mol. The van der Waals surface area contributed by atoms with E-state index in [9.17, 15) is 19.2 Å². The number of nitrogens with two attached hydrogens (primary N) is 1. The molecule has 0 amide bonds. The van der Waals surface area contributed by atoms with Crippen molar-refractivity contribution in [3.05, 3.63) is 32.6 Å². The number of hydrogen-bond donors (Lipinski definition) is 2. The zero-order valence-corrected chi connectivity index (χ0v) is 11.1. The van der Waals surface area contributed by atoms with Crippen LogP contribution in [0.3, 0.4) is 0 Å². The quantitative estimate of drug-likeness (QED) is 0.500. The fourth-order valence-electron chi connectivity index (χ4n) is 2.06. The summed E-state index contributed by atoms with van der Waals surface area (Å²) in [5, 5.41) is 0. The van der Waals surface area contributed by atoms with Crippen LogP contribution >= 0.6 is 0 Å². The Morgan fingerprint density at radius 2 is 2.29 bits per heavy atom. The smallest absolute Gasteiger partial charge is 0.330 e. The van der Waals surface area contributed by atoms with Gasteiger partial charge < -0.3 is 15.2 Å². The molecule has 9 heteroatoms. The summed E-state index contributed by atoms with van der Waals surface area (Å²) in [5.74, 6) is -0.536. The molecule has 2 unspecified atom stereocenters. The van der Waals surface area contributed by atoms with Crippen molar-refractivity contribution in [2.75, 3.05) is 13.2 Å². The molecular weight excluding hydrogens is 282 g/mol. The molecule has 9 nitrogen and oxygen atoms in total. The highest BCUT2D eigenvalue weighted by Crippen LogP contribution is 2.27. The number of carbonyl (C=O) groups is 2. The third-order valence-electron chi connectivity index (χ3n) is 3.11. The number of nitrogens with zero attached hydrogens (tertiary/aromatic N) is 1. The van der Waals surface area contributed by atoms with Gasteiger partial charge in [-0.2, -0.15) is 0 Å². The van der Waals surface area contributed by atoms with Gasteiger partial charge in [0.2, 0.25) is 0 Å². The van der Waals surface area contributed by atoms with E-state index in [0.29, 0.717) is 19.1 Å². The lowest BCUT2D eigenvalue weighted by molar-refractivity contribution is -0.146. The van der Waals surface area contributed by atoms with Gasteiger partial charge in [0.15, 0.2) is 6.29 Å². The Hall–Kier alpha value is -2.26. The lowest BCUT2D eigenvalue weighted by Gasteiger charge is -2.15. The molecular formula is C12H15N3O6. The molecule has 0 spiro atoms. The predicted molar refractivity (Wildman–Crippen MR) is 69.9 cm³/mol. The molecule has 0 saturated carbocycles. The number of nitrogens with one attached hydrogen (secondary N) is 1. The van der Waals surface area contributed by atoms with E-state index in [2.05, 4.69) is 0 Å². The van der Waals surface area contributed by atoms with Crippen molar-refractivity contribution in [3.63, 3.8) is 0 Å². The van der Waals surface area contributed by atoms with E-state index < -0.39 is 23.4 Å². The molecule has 114 valence electrons. The topological polar surface area (TPSA) is 133 Å². The molecule has 0 aliphatic carbocycles. The molecule has 2 atom stereocenters. The summed E-state index contributed by atoms with van der Waals surface area (Å²) >= 11 is 0. The maximum absolute atomic E-state index is 11.7. The maximum atomic E-state index is 11.7. The zero-order chi connectivity index (χ0) is 15.4. The van der Waals surface area contributed by atoms with Crippen LogP contribution < -0.4 is 17.0 Å². The first kappa shape index (κ1) is 15.1. The molecule has 1 saturated heterocycles. The number of aromatic nitrogens is 2. The molecule has 0 radical (unpaired) electrons. The number of hydrogen-bond acceptors (Lipinski definition) is 7. The predicted octanol–water partition coefficient (Wildman–Crippen LogP) is -1.47. The maximum Gasteiger partial charge on any atom is 0.330 e. The van der Waals surface area contributed by atoms with Gasteiger partial charge in [0.25, 0.3) is 5.56 Å². The van der Waals surface area contributed by atoms with E-state index in [-0.39, 0.29) is 24.8 Å². The van der Waals surface area contributed by atoms with Gasteiger partial charge in [-0.3, -0.25) is 23.9 Å². The third kappa shape index (κ3) is 3.44. The minimum Gasteiger partial charge on any atom is -0.462 e. The minimum atomic E-state index is -0.738. The molecule has 2 rings (SSSR count). The summed E-state index contributed by atoms with van der Waals surface area (Å²) < 4.78 is 11.6. The molecule has 1 aliphatic rings. The number of rotatable bonds is 5. The van der Waals surface area contributed by atoms with Crippen LogP contribution in [0.15, 0.2) is 15.8 Å². The van der Waals surface area contributed by atoms with E-state index in [4.69, 9.17) is 15.2 Å². The summed E-state index contributed by atoms with van der Waals surface area (Å²) in [7, 11) is 0. The Kier molecular flexibility index (Phi) is 4.66. The standard InChI is InChI=1S/C12H15N3O6/c13-3-10(17)20-6-8-1-2-9(21-8)15-4-7(5-16)11(18)14-12(15)19/h4-5,8-9H,1-3,6,13H2,(H,14,18,19). The summed E-state index contributed by atoms with van der Waals surface area (Å²) in [6, 6.07) is 0. The van der Waals surface area contributed by atoms with E-state index in [1.54, 1.807) is 0 Å². The van der Waals surface area contributed by atoms with E-state index >= 15 is 0 Å². The second kappa shape index (κ2) is 6.46. The third-order valence-corrected chi connectivity index (χ3v) is 3.11. The minimum absolute atomic E-state index is 0.0468. The second-order valence-electron chi connectivity index (χ2n) is 4.55. The summed E-state index contributed by atoms with van der Waals surface area (Å²) in [6.07, 6.45) is 1.62. The molecule has 0 bridgehead atoms. The molecule has 2 heterocycles. The van der Waals surface area contributed by atoms with E-state index in [1.165, 1.54) is 0 Å². The van der Waals surface area contributed by atoms with Gasteiger partial charge in [0, 0.05) is 6.20 Å². The van der Waals surface area contributed by atoms with Crippen molar-refractivity contribution in [2.45, 2.75) is 25.2 Å². The highest BCUT2D eigenvalue weighted by molar-refractivity contribution is 5.73. The Bertz CT molecular complexity index is 649. The van der Waals surface area contributed by atoms with Crippen LogP contribution in [-0.2, 0) is 14.3 Å². The fraction of sp³-hybridized carbons (Fsp3) is 0.500. The van der Waals surface area contributed by atoms with E-state index in [1.807, 2.05) is 4.98 Å². The molecule has 3 N–H and O–H groups in total. The molecule has 1 aliphatic heterocycles. The zero-order valence-electron chi connectivity index (χ0n) is 11.1. The van der Waals surface area contributed by atoms with Gasteiger partial charge in [0.1, 0.15) is 12.8 Å². The first-order chi connectivity index (χ1) is 10.0. The van der Waals surface area contributed by atoms with Crippen LogP contribution in [0.2, 0.25) is 0 Å². The number of aldehydes is 1. The largest absolute Gasteiger partial charge is 0.462 e. The van der Waals surface area contributed by atoms with Crippen LogP contribution in [0.5, 0.6) is 0 Å². The van der Waals surface area contributed by atoms with Crippen LogP contribution in [0, 0.1) is 0 Å². The van der Waals surface area contributed by atoms with Crippen molar-refractivity contribution in [1.82, 2.24) is 9.55 Å². The van der Waals surface area contributed by atoms with Gasteiger partial charge in [-0.05, 0) is 12.8 Å². The Labute approximate surface area is 118 Å². The number of esters is 1. The lowest BCUT2D eigenvalue weighted by atomic mass is 10.2. The van der Waals surface area contributed by atoms with Gasteiger partial charge in [-0.25, -0.2) is 4.79 Å². The highest BCUT2D eigenvalue weighted by atomic mass is 16.6. The van der Waals surface area contributed by atoms with Gasteiger partial charge in [0.05, 0.1) is 18.2 Å². The highest BCUT2D eigenvalue weighted by Gasteiger charge is 2.28. The Balaban J connectivity index is 2.08. The Morgan fingerprint density at radius 1 is 1.52 bits per heavy atom. The van der Waals surface area contributed by atoms with Crippen molar-refractivity contribution in [1.29, 1.82) is 0 Å². The van der Waals surface area contributed by atoms with E-state index in [0.717, 1.165) is 10.8 Å². The van der Waals surface area contributed by atoms with Crippen molar-refractivity contribution in [3.8, 4) is 0 Å². The van der Waals surface area contributed by atoms with Crippen LogP contribution in [0.4, 0.5) is 0 Å². The van der Waals surface area contributed by atoms with Crippen LogP contribution in [0.25, 0.3) is 0 Å². The Morgan fingerprint density at radius 3 is 2.95 bits per heavy atom. The van der Waals surface area contributed by atoms with Gasteiger partial charge in [-0.15, -0.1) is 0 Å². The molecule has 1 aromatic rings. The summed E-state index contributed by atoms with van der Waals surface area (Å²) in [5.41, 5.74) is 3.56. The van der Waals surface area contributed by atoms with Crippen molar-refractivity contribution in [2.24, 2.45) is 5.73 Å². The number of H-pyrrole nitrogens is 1. The first-order valence-corrected chi connectivity index (χ1v) is 6.37. The second-order valence-corrected chi connectivity index (χ2v) is 4.55. The number of carbonyl (C=O) groups excluding carboxylic acids is 2. The average Bonchev–Trinajstić information content (AvgIpc) is 2.93. The molecule has 0 aromatic carbocycles. The van der Waals surface area contributed by atoms with Gasteiger partial charge >= 0.3 is 11.7 Å². The molecule has 21 heavy (non-hydrogen) atoms. The number of ether oxygens (including phenoxy) is 2. The fourth-order valence-corrected chi connectivity index (χ4v) is 2.06. The SMILES string of the molecule is NCC(=O)OCC1CCC(n2cc(C=O)c(=O)[nH]c2=O)O1. The van der Waals surface area contributed by atoms with Gasteiger partial charge in [-0.1, -0.05) is 0 Å². The normalized spacial score (nSPS) is 21.2. The molecule has 1 fully saturated rings. The monoisotopic (exact) mass is 297 g/mol. The first-order valence-electron chi connectivity index (χ1n) is 6.37.